The molecule has 1 nitrogen and oxygen atoms in total. The zero-order valence-electron chi connectivity index (χ0n) is 34.0. The molecule has 9 aromatic rings. The molecular formula is C57H50O. The predicted molar refractivity (Wildman–Crippen MR) is 248 cm³/mol. The molecule has 0 N–H and O–H groups in total. The van der Waals surface area contributed by atoms with Gasteiger partial charge in [-0.15, -0.1) is 0 Å². The van der Waals surface area contributed by atoms with Crippen LogP contribution in [0.2, 0.25) is 0 Å². The van der Waals surface area contributed by atoms with E-state index in [0.717, 1.165) is 30.6 Å². The van der Waals surface area contributed by atoms with Gasteiger partial charge < -0.3 is 4.42 Å². The second-order valence-corrected chi connectivity index (χ2v) is 15.5. The number of fused-ring (bicyclic) bond motifs is 4. The average Bonchev–Trinajstić information content (AvgIpc) is 3.65. The predicted octanol–water partition coefficient (Wildman–Crippen LogP) is 15.7. The third-order valence-electron chi connectivity index (χ3n) is 11.1. The monoisotopic (exact) mass is 750 g/mol. The third-order valence-corrected chi connectivity index (χ3v) is 11.1. The van der Waals surface area contributed by atoms with Crippen molar-refractivity contribution in [1.29, 1.82) is 0 Å². The van der Waals surface area contributed by atoms with Crippen molar-refractivity contribution in [2.45, 2.75) is 47.0 Å². The highest BCUT2D eigenvalue weighted by Crippen LogP contribution is 2.34. The van der Waals surface area contributed by atoms with Crippen LogP contribution in [0.4, 0.5) is 0 Å². The Morgan fingerprint density at radius 3 is 1.84 bits per heavy atom. The lowest BCUT2D eigenvalue weighted by atomic mass is 9.92. The second kappa shape index (κ2) is 17.6. The molecule has 1 aliphatic carbocycles. The number of benzene rings is 8. The second-order valence-electron chi connectivity index (χ2n) is 15.5. The highest BCUT2D eigenvalue weighted by atomic mass is 16.3. The van der Waals surface area contributed by atoms with Crippen molar-refractivity contribution in [2.75, 3.05) is 0 Å². The summed E-state index contributed by atoms with van der Waals surface area (Å²) in [5.74, 6) is 1.15. The first-order valence-electron chi connectivity index (χ1n) is 20.4. The molecule has 0 radical (unpaired) electrons. The normalized spacial score (nSPS) is 11.7. The Labute approximate surface area is 344 Å². The van der Waals surface area contributed by atoms with Gasteiger partial charge in [-0.25, -0.2) is 0 Å². The van der Waals surface area contributed by atoms with E-state index < -0.39 is 0 Å². The van der Waals surface area contributed by atoms with E-state index in [9.17, 15) is 0 Å². The van der Waals surface area contributed by atoms with Crippen LogP contribution in [0.15, 0.2) is 192 Å². The molecule has 0 fully saturated rings. The summed E-state index contributed by atoms with van der Waals surface area (Å²) in [4.78, 5) is 0. The molecule has 1 heterocycles. The number of allylic oxidation sites excluding steroid dienone is 1. The number of hydrogen-bond donors (Lipinski definition) is 0. The van der Waals surface area contributed by atoms with E-state index >= 15 is 0 Å². The summed E-state index contributed by atoms with van der Waals surface area (Å²) in [6.07, 6.45) is 7.49. The Kier molecular flexibility index (Phi) is 11.6. The van der Waals surface area contributed by atoms with Crippen LogP contribution >= 0.6 is 0 Å². The Balaban J connectivity index is 0.000000181. The summed E-state index contributed by atoms with van der Waals surface area (Å²) in [7, 11) is 0. The van der Waals surface area contributed by atoms with E-state index in [4.69, 9.17) is 4.42 Å². The highest BCUT2D eigenvalue weighted by molar-refractivity contribution is 5.91. The van der Waals surface area contributed by atoms with Gasteiger partial charge in [0.1, 0.15) is 11.3 Å². The van der Waals surface area contributed by atoms with Gasteiger partial charge in [-0.1, -0.05) is 188 Å². The van der Waals surface area contributed by atoms with Gasteiger partial charge >= 0.3 is 0 Å². The van der Waals surface area contributed by atoms with Crippen molar-refractivity contribution in [2.24, 2.45) is 0 Å². The Bertz CT molecular complexity index is 2850. The molecule has 58 heavy (non-hydrogen) atoms. The van der Waals surface area contributed by atoms with Crippen molar-refractivity contribution < 1.29 is 4.42 Å². The first kappa shape index (κ1) is 38.2. The van der Waals surface area contributed by atoms with E-state index in [0.29, 0.717) is 0 Å². The molecule has 8 aromatic carbocycles. The maximum atomic E-state index is 5.82. The molecule has 0 unspecified atom stereocenters. The fourth-order valence-electron chi connectivity index (χ4n) is 8.05. The summed E-state index contributed by atoms with van der Waals surface area (Å²) in [5, 5.41) is 3.88. The molecule has 284 valence electrons. The van der Waals surface area contributed by atoms with Crippen LogP contribution in [-0.4, -0.2) is 0 Å². The van der Waals surface area contributed by atoms with Gasteiger partial charge in [-0.05, 0) is 125 Å². The van der Waals surface area contributed by atoms with E-state index in [1.807, 2.05) is 18.2 Å². The van der Waals surface area contributed by atoms with Crippen LogP contribution in [0.3, 0.4) is 0 Å². The van der Waals surface area contributed by atoms with Crippen LogP contribution in [0.5, 0.6) is 0 Å². The summed E-state index contributed by atoms with van der Waals surface area (Å²) < 4.78 is 5.82. The molecule has 1 heteroatoms. The van der Waals surface area contributed by atoms with Crippen molar-refractivity contribution in [3.63, 3.8) is 0 Å². The standard InChI is InChI=1S/C37H30.C13H12O.C7H8/c1-26-9-3-6-16-36(26)37-20-19-35(21-27(37)2)34-15-8-14-33(25-34)32-13-7-10-28(23-32)22-29-17-18-30-11-4-5-12-31(30)24-29;1-9-5-4-8-12-13(9)10-6-2-3-7-11(10)14-12;1-7-5-3-2-4-6-7/h3-21,23-25H,22H2,1-2H3;2,4-6,8H,3,7H2,1H3;2-6H,1H3. The van der Waals surface area contributed by atoms with Gasteiger partial charge in [0, 0.05) is 17.4 Å². The van der Waals surface area contributed by atoms with Gasteiger partial charge in [-0.3, -0.25) is 0 Å². The van der Waals surface area contributed by atoms with E-state index in [1.165, 1.54) is 88.5 Å². The lowest BCUT2D eigenvalue weighted by molar-refractivity contribution is 0.546. The quantitative estimate of drug-likeness (QED) is 0.171. The molecule has 0 spiro atoms. The highest BCUT2D eigenvalue weighted by Gasteiger charge is 2.15. The van der Waals surface area contributed by atoms with Crippen LogP contribution in [0.25, 0.3) is 61.2 Å². The molecule has 0 atom stereocenters. The lowest BCUT2D eigenvalue weighted by Crippen LogP contribution is -1.90. The molecular weight excluding hydrogens is 701 g/mol. The van der Waals surface area contributed by atoms with E-state index in [2.05, 4.69) is 204 Å². The minimum Gasteiger partial charge on any atom is -0.460 e. The van der Waals surface area contributed by atoms with Crippen LogP contribution in [0.1, 0.15) is 51.1 Å². The minimum atomic E-state index is 0.928. The van der Waals surface area contributed by atoms with Crippen LogP contribution in [-0.2, 0) is 12.8 Å². The zero-order valence-corrected chi connectivity index (χ0v) is 34.0. The summed E-state index contributed by atoms with van der Waals surface area (Å²) >= 11 is 0. The first-order valence-corrected chi connectivity index (χ1v) is 20.4. The Hall–Kier alpha value is -6.70. The molecule has 0 amide bonds. The number of aryl methyl sites for hydroxylation is 5. The molecule has 10 rings (SSSR count). The molecule has 0 bridgehead atoms. The lowest BCUT2D eigenvalue weighted by Gasteiger charge is -2.12. The SMILES string of the molecule is Cc1cccc2oc3c(c12)C=CCC3.Cc1ccccc1.Cc1ccccc1-c1ccc(-c2cccc(-c3cccc(Cc4ccc5ccccc5c4)c3)c2)cc1C. The smallest absolute Gasteiger partial charge is 0.135 e. The maximum absolute atomic E-state index is 5.82. The van der Waals surface area contributed by atoms with Crippen LogP contribution in [0, 0.1) is 27.7 Å². The van der Waals surface area contributed by atoms with Crippen molar-refractivity contribution in [3.05, 3.63) is 233 Å². The molecule has 1 aliphatic rings. The van der Waals surface area contributed by atoms with Gasteiger partial charge in [0.15, 0.2) is 0 Å². The molecule has 0 saturated carbocycles. The van der Waals surface area contributed by atoms with E-state index in [-0.39, 0.29) is 0 Å². The third kappa shape index (κ3) is 8.80. The minimum absolute atomic E-state index is 0.928. The fourth-order valence-corrected chi connectivity index (χ4v) is 8.05. The fraction of sp³-hybridized carbons (Fsp3) is 0.123. The van der Waals surface area contributed by atoms with Crippen molar-refractivity contribution in [1.82, 2.24) is 0 Å². The molecule has 0 saturated heterocycles. The van der Waals surface area contributed by atoms with Crippen LogP contribution < -0.4 is 0 Å². The van der Waals surface area contributed by atoms with Crippen molar-refractivity contribution >= 4 is 27.8 Å². The average molecular weight is 751 g/mol. The summed E-state index contributed by atoms with van der Waals surface area (Å²) in [6, 6.07) is 65.2. The topological polar surface area (TPSA) is 13.1 Å². The number of hydrogen-bond acceptors (Lipinski definition) is 1. The zero-order chi connectivity index (χ0) is 39.8. The first-order chi connectivity index (χ1) is 28.4. The summed E-state index contributed by atoms with van der Waals surface area (Å²) in [5.41, 5.74) is 17.9. The Morgan fingerprint density at radius 1 is 0.448 bits per heavy atom. The maximum Gasteiger partial charge on any atom is 0.135 e. The van der Waals surface area contributed by atoms with Gasteiger partial charge in [0.05, 0.1) is 0 Å². The summed E-state index contributed by atoms with van der Waals surface area (Å²) in [6.45, 7) is 8.62. The molecule has 1 aromatic heterocycles. The van der Waals surface area contributed by atoms with Crippen molar-refractivity contribution in [3.8, 4) is 33.4 Å². The Morgan fingerprint density at radius 2 is 1.09 bits per heavy atom. The van der Waals surface area contributed by atoms with Gasteiger partial charge in [-0.2, -0.15) is 0 Å². The molecule has 0 aliphatic heterocycles. The number of rotatable bonds is 5. The number of furan rings is 1. The van der Waals surface area contributed by atoms with Gasteiger partial charge in [0.25, 0.3) is 0 Å². The van der Waals surface area contributed by atoms with E-state index in [1.54, 1.807) is 0 Å². The largest absolute Gasteiger partial charge is 0.460 e. The van der Waals surface area contributed by atoms with Gasteiger partial charge in [0.2, 0.25) is 0 Å².